The zero-order valence-corrected chi connectivity index (χ0v) is 69.4. The Morgan fingerprint density at radius 3 is 1.17 bits per heavy atom. The minimum Gasteiger partial charge on any atom is -0.464 e. The summed E-state index contributed by atoms with van der Waals surface area (Å²) in [6.07, 6.45) is 24.8. The Morgan fingerprint density at radius 1 is 0.429 bits per heavy atom. The van der Waals surface area contributed by atoms with Crippen LogP contribution in [0.15, 0.2) is 91.0 Å². The average molecular weight is 1560 g/mol. The molecule has 9 rings (SSSR count). The second-order valence-electron chi connectivity index (χ2n) is 32.1. The summed E-state index contributed by atoms with van der Waals surface area (Å²) in [4.78, 5) is 102. The predicted molar refractivity (Wildman–Crippen MR) is 436 cm³/mol. The van der Waals surface area contributed by atoms with Crippen LogP contribution in [0.3, 0.4) is 0 Å². The van der Waals surface area contributed by atoms with Gasteiger partial charge in [0.15, 0.2) is 6.23 Å². The van der Waals surface area contributed by atoms with Gasteiger partial charge in [0, 0.05) is 81.4 Å². The molecule has 0 aromatic heterocycles. The minimum absolute atomic E-state index is 0.000193. The Labute approximate surface area is 653 Å². The van der Waals surface area contributed by atoms with E-state index in [4.69, 9.17) is 18.9 Å². The molecule has 6 fully saturated rings. The van der Waals surface area contributed by atoms with Gasteiger partial charge in [-0.05, 0) is 169 Å². The number of rotatable bonds is 34. The van der Waals surface area contributed by atoms with Gasteiger partial charge in [0.2, 0.25) is 17.7 Å². The molecule has 105 heavy (non-hydrogen) atoms. The van der Waals surface area contributed by atoms with Gasteiger partial charge in [-0.2, -0.15) is 0 Å². The lowest BCUT2D eigenvalue weighted by Gasteiger charge is -2.31. The van der Waals surface area contributed by atoms with Crippen LogP contribution in [0, 0.1) is 53.3 Å². The van der Waals surface area contributed by atoms with Crippen LogP contribution in [-0.4, -0.2) is 104 Å². The molecule has 21 heteroatoms. The van der Waals surface area contributed by atoms with E-state index in [1.165, 1.54) is 55.8 Å². The predicted octanol–water partition coefficient (Wildman–Crippen LogP) is 20.1. The maximum absolute atomic E-state index is 13.1. The van der Waals surface area contributed by atoms with Gasteiger partial charge in [0.25, 0.3) is 0 Å². The molecular formula is C84H125N3O12S6. The van der Waals surface area contributed by atoms with E-state index < -0.39 is 42.4 Å². The second kappa shape index (κ2) is 46.4. The fourth-order valence-corrected chi connectivity index (χ4v) is 25.1. The summed E-state index contributed by atoms with van der Waals surface area (Å²) in [6, 6.07) is 27.5. The van der Waals surface area contributed by atoms with Gasteiger partial charge < -0.3 is 34.9 Å². The third-order valence-corrected chi connectivity index (χ3v) is 32.3. The summed E-state index contributed by atoms with van der Waals surface area (Å²) < 4.78 is 22.3. The van der Waals surface area contributed by atoms with Crippen molar-refractivity contribution < 1.29 is 57.3 Å². The standard InChI is InChI=1S/C28H41NO5S2.C28H41NO4S2.C28H43NO3S2/c1-20(2)22-12-9-13-23(19-22)26(31)29-24(18-21-10-5-4-6-11-21)33-27(32)34-25(30)14-7-8-15-28(3)16-17-35-36-28;1-20(2)22-12-9-13-23(19-22)26(31)29-24(18-21-10-5-4-6-11-21)27(32)33-25(30)14-7-8-15-28(3)16-17-34-35-28;1-21(2)23-13-10-14-24(20-23)26(30)29-25(19-22-11-6-4-7-12-22)27(31)32-17-9-5-8-15-28(3)16-18-33-34-28/h4-6,10-11,20,22-24H,7-9,12-19H2,1-3H3,(H,29,31);4-6,10-11,20,22-24H,7-9,12-19H2,1-3H3,(H,29,31);4,6-7,11-12,21,23-25H,5,8-10,13-20H2,1-3H3,(H,29,30)/t22-,23-,24-,28+;22-,23-,24+,28+;23-,24-,25+,28+/m000/s1. The Balaban J connectivity index is 0.000000220. The zero-order valence-electron chi connectivity index (χ0n) is 64.5. The van der Waals surface area contributed by atoms with E-state index in [9.17, 15) is 38.4 Å². The van der Waals surface area contributed by atoms with Crippen molar-refractivity contribution in [2.24, 2.45) is 53.3 Å². The van der Waals surface area contributed by atoms with Crippen molar-refractivity contribution in [3.8, 4) is 0 Å². The lowest BCUT2D eigenvalue weighted by molar-refractivity contribution is -0.162. The molecule has 3 saturated carbocycles. The molecule has 0 unspecified atom stereocenters. The van der Waals surface area contributed by atoms with Gasteiger partial charge in [-0.1, -0.05) is 262 Å². The third-order valence-electron chi connectivity index (χ3n) is 22.3. The maximum atomic E-state index is 13.1. The largest absolute Gasteiger partial charge is 0.518 e. The highest BCUT2D eigenvalue weighted by molar-refractivity contribution is 8.78. The lowest BCUT2D eigenvalue weighted by Crippen LogP contribution is -2.47. The Hall–Kier alpha value is -4.28. The van der Waals surface area contributed by atoms with Crippen LogP contribution in [0.4, 0.5) is 4.79 Å². The van der Waals surface area contributed by atoms with Gasteiger partial charge in [-0.3, -0.25) is 24.0 Å². The molecule has 3 saturated heterocycles. The van der Waals surface area contributed by atoms with E-state index in [1.54, 1.807) is 0 Å². The monoisotopic (exact) mass is 1560 g/mol. The molecule has 0 radical (unpaired) electrons. The van der Waals surface area contributed by atoms with Crippen molar-refractivity contribution >= 4 is 113 Å². The van der Waals surface area contributed by atoms with Crippen LogP contribution in [-0.2, 0) is 71.8 Å². The molecule has 3 heterocycles. The highest BCUT2D eigenvalue weighted by Crippen LogP contribution is 2.51. The Bertz CT molecular complexity index is 3110. The summed E-state index contributed by atoms with van der Waals surface area (Å²) in [6.45, 7) is 20.6. The summed E-state index contributed by atoms with van der Waals surface area (Å²) in [5.74, 6) is 4.53. The molecule has 3 N–H and O–H groups in total. The van der Waals surface area contributed by atoms with Crippen LogP contribution in [0.1, 0.15) is 252 Å². The molecule has 3 amide bonds. The van der Waals surface area contributed by atoms with Gasteiger partial charge in [0.1, 0.15) is 12.1 Å². The van der Waals surface area contributed by atoms with Crippen LogP contribution in [0.5, 0.6) is 0 Å². The third kappa shape index (κ3) is 32.7. The number of carbonyl (C=O) groups excluding carboxylic acids is 8. The number of benzene rings is 3. The van der Waals surface area contributed by atoms with Crippen LogP contribution < -0.4 is 16.0 Å². The molecule has 3 aliphatic carbocycles. The first-order valence-corrected chi connectivity index (χ1v) is 46.6. The van der Waals surface area contributed by atoms with Crippen LogP contribution >= 0.6 is 64.8 Å². The van der Waals surface area contributed by atoms with E-state index in [2.05, 4.69) is 78.3 Å². The summed E-state index contributed by atoms with van der Waals surface area (Å²) in [5.41, 5.74) is 2.88. The molecule has 15 nitrogen and oxygen atoms in total. The van der Waals surface area contributed by atoms with Crippen molar-refractivity contribution in [1.29, 1.82) is 0 Å². The number of hydrogen-bond acceptors (Lipinski definition) is 18. The number of ether oxygens (including phenoxy) is 4. The molecule has 6 aliphatic rings. The van der Waals surface area contributed by atoms with E-state index in [0.717, 1.165) is 126 Å². The van der Waals surface area contributed by atoms with Gasteiger partial charge >= 0.3 is 30.0 Å². The molecule has 584 valence electrons. The summed E-state index contributed by atoms with van der Waals surface area (Å²) in [7, 11) is 11.7. The lowest BCUT2D eigenvalue weighted by atomic mass is 9.76. The molecule has 0 spiro atoms. The number of nitrogens with one attached hydrogen (secondary N) is 3. The van der Waals surface area contributed by atoms with E-state index in [1.807, 2.05) is 156 Å². The maximum Gasteiger partial charge on any atom is 0.518 e. The number of esters is 4. The molecule has 12 atom stereocenters. The number of unbranched alkanes of at least 4 members (excludes halogenated alkanes) is 4. The molecule has 3 aliphatic heterocycles. The number of amides is 3. The molecule has 3 aromatic carbocycles. The first-order chi connectivity index (χ1) is 50.4. The number of carbonyl (C=O) groups is 8. The number of hydrogen-bond donors (Lipinski definition) is 3. The van der Waals surface area contributed by atoms with E-state index in [0.29, 0.717) is 83.7 Å². The van der Waals surface area contributed by atoms with Crippen molar-refractivity contribution in [1.82, 2.24) is 16.0 Å². The fourth-order valence-electron chi connectivity index (χ4n) is 15.2. The first-order valence-electron chi connectivity index (χ1n) is 39.6. The second-order valence-corrected chi connectivity index (χ2v) is 41.1. The van der Waals surface area contributed by atoms with E-state index in [-0.39, 0.29) is 59.0 Å². The SMILES string of the molecule is CC(C)[C@H]1CCC[C@H](C(=O)N[C@H](Cc2ccccc2)C(=O)OC(=O)CCCC[C@]2(C)CCSS2)C1.CC(C)[C@H]1CCC[C@H](C(=O)N[C@H](Cc2ccccc2)C(=O)OCCCCC[C@]2(C)CCSS2)C1.CC(C)[C@H]1CCC[C@H](C(=O)N[C@H](Cc2ccccc2)OC(=O)OC(=O)CCCC[C@]2(C)CCSS2)C1. The first kappa shape index (κ1) is 87.9. The molecule has 0 bridgehead atoms. The van der Waals surface area contributed by atoms with Gasteiger partial charge in [-0.25, -0.2) is 14.4 Å². The van der Waals surface area contributed by atoms with Crippen molar-refractivity contribution in [3.05, 3.63) is 108 Å². The van der Waals surface area contributed by atoms with Crippen molar-refractivity contribution in [3.63, 3.8) is 0 Å². The zero-order chi connectivity index (χ0) is 75.6. The van der Waals surface area contributed by atoms with Gasteiger partial charge in [0.05, 0.1) is 6.61 Å². The summed E-state index contributed by atoms with van der Waals surface area (Å²) in [5, 5.41) is 8.92. The average Bonchev–Trinajstić information content (AvgIpc) is 1.78. The Morgan fingerprint density at radius 2 is 0.790 bits per heavy atom. The Kier molecular flexibility index (Phi) is 38.9. The van der Waals surface area contributed by atoms with Crippen molar-refractivity contribution in [2.45, 2.75) is 287 Å². The van der Waals surface area contributed by atoms with Crippen molar-refractivity contribution in [2.75, 3.05) is 23.9 Å². The molecule has 3 aromatic rings. The van der Waals surface area contributed by atoms with Crippen LogP contribution in [0.25, 0.3) is 0 Å². The highest BCUT2D eigenvalue weighted by Gasteiger charge is 2.37. The quantitative estimate of drug-likeness (QED) is 0.0127. The normalized spacial score (nSPS) is 25.3. The molecular weight excluding hydrogens is 1440 g/mol. The summed E-state index contributed by atoms with van der Waals surface area (Å²) >= 11 is 0. The fraction of sp³-hybridized carbons (Fsp3) is 0.690. The van der Waals surface area contributed by atoms with E-state index >= 15 is 0 Å². The minimum atomic E-state index is -1.06. The smallest absolute Gasteiger partial charge is 0.464 e. The highest BCUT2D eigenvalue weighted by atomic mass is 33.1. The topological polar surface area (TPSA) is 210 Å². The van der Waals surface area contributed by atoms with Crippen LogP contribution in [0.2, 0.25) is 0 Å². The van der Waals surface area contributed by atoms with Gasteiger partial charge in [-0.15, -0.1) is 0 Å².